The lowest BCUT2D eigenvalue weighted by Gasteiger charge is -2.22. The molecule has 10 nitrogen and oxygen atoms in total. The van der Waals surface area contributed by atoms with E-state index in [4.69, 9.17) is 4.74 Å². The second kappa shape index (κ2) is 10.5. The number of aliphatic hydroxyl groups excluding tert-OH is 1. The molecule has 0 bridgehead atoms. The number of aryl methyl sites for hydroxylation is 2. The van der Waals surface area contributed by atoms with Crippen LogP contribution in [-0.4, -0.2) is 31.9 Å². The number of carbonyl (C=O) groups excluding carboxylic acids is 2. The molecule has 196 valence electrons. The SMILES string of the molecule is Cc1cccc(COc2ccc(/C(O)=C3\C(=O)C(=O)N(c4nnc(C)s4)C3c3cccc([N+](=O)[O-])c3)cc2)c1. The van der Waals surface area contributed by atoms with E-state index in [2.05, 4.69) is 10.2 Å². The molecular weight excluding hydrogens is 520 g/mol. The molecular formula is C28H22N4O6S. The van der Waals surface area contributed by atoms with E-state index in [1.165, 1.54) is 18.2 Å². The van der Waals surface area contributed by atoms with Gasteiger partial charge in [0.25, 0.3) is 11.5 Å². The van der Waals surface area contributed by atoms with Gasteiger partial charge in [-0.05, 0) is 49.2 Å². The smallest absolute Gasteiger partial charge is 0.301 e. The van der Waals surface area contributed by atoms with Gasteiger partial charge in [-0.2, -0.15) is 0 Å². The standard InChI is InChI=1S/C28H22N4O6S/c1-16-5-3-6-18(13-16)15-38-22-11-9-19(10-12-22)25(33)23-24(20-7-4-8-21(14-20)32(36)37)31(27(35)26(23)34)28-30-29-17(2)39-28/h3-14,24,33H,15H2,1-2H3/b25-23+. The number of rotatable bonds is 7. The number of aliphatic hydroxyl groups is 1. The molecule has 0 radical (unpaired) electrons. The van der Waals surface area contributed by atoms with E-state index in [1.54, 1.807) is 37.3 Å². The van der Waals surface area contributed by atoms with Gasteiger partial charge in [0.1, 0.15) is 23.1 Å². The van der Waals surface area contributed by atoms with Crippen molar-refractivity contribution in [2.75, 3.05) is 4.90 Å². The van der Waals surface area contributed by atoms with Crippen LogP contribution in [0.1, 0.15) is 33.3 Å². The zero-order chi connectivity index (χ0) is 27.7. The lowest BCUT2D eigenvalue weighted by atomic mass is 9.95. The Hall–Kier alpha value is -4.90. The molecule has 3 aromatic carbocycles. The largest absolute Gasteiger partial charge is 0.507 e. The number of ketones is 1. The second-order valence-electron chi connectivity index (χ2n) is 8.93. The highest BCUT2D eigenvalue weighted by molar-refractivity contribution is 7.15. The average molecular weight is 543 g/mol. The Morgan fingerprint density at radius 1 is 1.05 bits per heavy atom. The first-order chi connectivity index (χ1) is 18.7. The molecule has 0 saturated carbocycles. The highest BCUT2D eigenvalue weighted by Gasteiger charge is 2.48. The van der Waals surface area contributed by atoms with Crippen molar-refractivity contribution >= 4 is 39.6 Å². The summed E-state index contributed by atoms with van der Waals surface area (Å²) in [6.45, 7) is 4.05. The summed E-state index contributed by atoms with van der Waals surface area (Å²) in [7, 11) is 0. The lowest BCUT2D eigenvalue weighted by Crippen LogP contribution is -2.29. The Morgan fingerprint density at radius 2 is 1.79 bits per heavy atom. The van der Waals surface area contributed by atoms with Crippen LogP contribution in [0.3, 0.4) is 0 Å². The van der Waals surface area contributed by atoms with Crippen molar-refractivity contribution < 1.29 is 24.4 Å². The van der Waals surface area contributed by atoms with Crippen molar-refractivity contribution in [1.29, 1.82) is 0 Å². The fourth-order valence-corrected chi connectivity index (χ4v) is 5.08. The maximum Gasteiger partial charge on any atom is 0.301 e. The molecule has 5 rings (SSSR count). The van der Waals surface area contributed by atoms with Gasteiger partial charge in [-0.15, -0.1) is 10.2 Å². The van der Waals surface area contributed by atoms with E-state index < -0.39 is 28.4 Å². The molecule has 1 N–H and O–H groups in total. The fourth-order valence-electron chi connectivity index (χ4n) is 4.37. The molecule has 39 heavy (non-hydrogen) atoms. The van der Waals surface area contributed by atoms with E-state index in [9.17, 15) is 24.8 Å². The number of non-ortho nitro benzene ring substituents is 1. The summed E-state index contributed by atoms with van der Waals surface area (Å²) in [5.41, 5.74) is 2.25. The molecule has 1 aliphatic heterocycles. The summed E-state index contributed by atoms with van der Waals surface area (Å²) in [5, 5.41) is 31.4. The first-order valence-electron chi connectivity index (χ1n) is 11.9. The van der Waals surface area contributed by atoms with Crippen LogP contribution in [0.2, 0.25) is 0 Å². The maximum atomic E-state index is 13.3. The van der Waals surface area contributed by atoms with E-state index in [-0.39, 0.29) is 27.5 Å². The first-order valence-corrected chi connectivity index (χ1v) is 12.7. The van der Waals surface area contributed by atoms with Crippen LogP contribution in [0.15, 0.2) is 78.4 Å². The number of hydrogen-bond acceptors (Lipinski definition) is 9. The van der Waals surface area contributed by atoms with Gasteiger partial charge in [-0.1, -0.05) is 53.3 Å². The average Bonchev–Trinajstić information content (AvgIpc) is 3.47. The third-order valence-corrected chi connectivity index (χ3v) is 7.02. The minimum absolute atomic E-state index is 0.144. The number of aromatic nitrogens is 2. The van der Waals surface area contributed by atoms with Crippen LogP contribution in [0, 0.1) is 24.0 Å². The molecule has 0 aliphatic carbocycles. The predicted molar refractivity (Wildman–Crippen MR) is 144 cm³/mol. The molecule has 1 fully saturated rings. The molecule has 1 unspecified atom stereocenters. The number of hydrogen-bond donors (Lipinski definition) is 1. The van der Waals surface area contributed by atoms with Gasteiger partial charge in [0.05, 0.1) is 16.5 Å². The van der Waals surface area contributed by atoms with Gasteiger partial charge in [0, 0.05) is 17.7 Å². The third-order valence-electron chi connectivity index (χ3n) is 6.18. The number of amides is 1. The number of benzene rings is 3. The molecule has 0 spiro atoms. The summed E-state index contributed by atoms with van der Waals surface area (Å²) < 4.78 is 5.84. The van der Waals surface area contributed by atoms with Crippen molar-refractivity contribution in [3.8, 4) is 5.75 Å². The highest BCUT2D eigenvalue weighted by atomic mass is 32.1. The Balaban J connectivity index is 1.53. The van der Waals surface area contributed by atoms with Gasteiger partial charge in [-0.3, -0.25) is 24.6 Å². The van der Waals surface area contributed by atoms with Gasteiger partial charge >= 0.3 is 5.91 Å². The number of ether oxygens (including phenoxy) is 1. The van der Waals surface area contributed by atoms with E-state index in [0.29, 0.717) is 17.4 Å². The monoisotopic (exact) mass is 542 g/mol. The number of anilines is 1. The van der Waals surface area contributed by atoms with Crippen LogP contribution >= 0.6 is 11.3 Å². The summed E-state index contributed by atoms with van der Waals surface area (Å²) >= 11 is 1.09. The van der Waals surface area contributed by atoms with Crippen molar-refractivity contribution in [2.24, 2.45) is 0 Å². The van der Waals surface area contributed by atoms with Crippen molar-refractivity contribution in [3.63, 3.8) is 0 Å². The summed E-state index contributed by atoms with van der Waals surface area (Å²) in [5.74, 6) is -1.72. The minimum atomic E-state index is -1.14. The van der Waals surface area contributed by atoms with Gasteiger partial charge in [0.2, 0.25) is 5.13 Å². The van der Waals surface area contributed by atoms with Crippen LogP contribution in [-0.2, 0) is 16.2 Å². The number of Topliss-reactive ketones (excluding diaryl/α,β-unsaturated/α-hetero) is 1. The third kappa shape index (κ3) is 5.12. The number of nitro benzene ring substituents is 1. The van der Waals surface area contributed by atoms with E-state index in [1.807, 2.05) is 31.2 Å². The van der Waals surface area contributed by atoms with Gasteiger partial charge in [0.15, 0.2) is 0 Å². The lowest BCUT2D eigenvalue weighted by molar-refractivity contribution is -0.384. The van der Waals surface area contributed by atoms with E-state index >= 15 is 0 Å². The highest BCUT2D eigenvalue weighted by Crippen LogP contribution is 2.43. The van der Waals surface area contributed by atoms with Crippen molar-refractivity contribution in [1.82, 2.24) is 10.2 Å². The topological polar surface area (TPSA) is 136 Å². The summed E-state index contributed by atoms with van der Waals surface area (Å²) in [6.07, 6.45) is 0. The Labute approximate surface area is 227 Å². The molecule has 4 aromatic rings. The fraction of sp³-hybridized carbons (Fsp3) is 0.143. The molecule has 1 aromatic heterocycles. The summed E-state index contributed by atoms with van der Waals surface area (Å²) in [4.78, 5) is 38.4. The molecule has 11 heteroatoms. The van der Waals surface area contributed by atoms with Crippen LogP contribution in [0.5, 0.6) is 5.75 Å². The molecule has 1 saturated heterocycles. The predicted octanol–water partition coefficient (Wildman–Crippen LogP) is 5.27. The van der Waals surface area contributed by atoms with Gasteiger partial charge < -0.3 is 9.84 Å². The number of nitro groups is 1. The van der Waals surface area contributed by atoms with Crippen LogP contribution in [0.4, 0.5) is 10.8 Å². The Bertz CT molecular complexity index is 1630. The van der Waals surface area contributed by atoms with Crippen LogP contribution in [0.25, 0.3) is 5.76 Å². The maximum absolute atomic E-state index is 13.3. The van der Waals surface area contributed by atoms with Gasteiger partial charge in [-0.25, -0.2) is 0 Å². The number of nitrogens with zero attached hydrogens (tertiary/aromatic N) is 4. The molecule has 1 aliphatic rings. The van der Waals surface area contributed by atoms with Crippen molar-refractivity contribution in [2.45, 2.75) is 26.5 Å². The Kier molecular flexibility index (Phi) is 6.90. The number of carbonyl (C=O) groups is 2. The van der Waals surface area contributed by atoms with Crippen LogP contribution < -0.4 is 9.64 Å². The second-order valence-corrected chi connectivity index (χ2v) is 10.1. The van der Waals surface area contributed by atoms with Crippen molar-refractivity contribution in [3.05, 3.63) is 116 Å². The zero-order valence-electron chi connectivity index (χ0n) is 20.9. The first kappa shape index (κ1) is 25.7. The normalized spacial score (nSPS) is 16.5. The zero-order valence-corrected chi connectivity index (χ0v) is 21.7. The Morgan fingerprint density at radius 3 is 2.46 bits per heavy atom. The quantitative estimate of drug-likeness (QED) is 0.110. The minimum Gasteiger partial charge on any atom is -0.507 e. The van der Waals surface area contributed by atoms with E-state index in [0.717, 1.165) is 27.4 Å². The molecule has 2 heterocycles. The molecule has 1 amide bonds. The molecule has 1 atom stereocenters. The summed E-state index contributed by atoms with van der Waals surface area (Å²) in [6, 6.07) is 18.8.